The number of hydrogen-bond donors (Lipinski definition) is 2. The fraction of sp³-hybridized carbons (Fsp3) is 0.562. The van der Waals surface area contributed by atoms with Gasteiger partial charge in [0.15, 0.2) is 5.16 Å². The van der Waals surface area contributed by atoms with Gasteiger partial charge in [0.25, 0.3) is 0 Å². The molecule has 2 aromatic rings. The van der Waals surface area contributed by atoms with Crippen LogP contribution in [0.2, 0.25) is 0 Å². The molecule has 4 atom stereocenters. The maximum atomic E-state index is 12.7. The van der Waals surface area contributed by atoms with Gasteiger partial charge in [-0.15, -0.1) is 0 Å². The maximum Gasteiger partial charge on any atom is 0.387 e. The minimum Gasteiger partial charge on any atom is -0.435 e. The minimum atomic E-state index is -2.90. The van der Waals surface area contributed by atoms with Crippen molar-refractivity contribution < 1.29 is 27.2 Å². The number of rotatable bonds is 7. The zero-order valence-corrected chi connectivity index (χ0v) is 15.2. The van der Waals surface area contributed by atoms with Crippen LogP contribution in [0.5, 0.6) is 5.75 Å². The second-order valence-electron chi connectivity index (χ2n) is 5.94. The summed E-state index contributed by atoms with van der Waals surface area (Å²) < 4.78 is 52.7. The number of aromatic nitrogens is 2. The third kappa shape index (κ3) is 4.20. The van der Waals surface area contributed by atoms with E-state index in [1.807, 2.05) is 0 Å². The number of benzene rings is 1. The number of nitrogens with zero attached hydrogens (tertiary/aromatic N) is 1. The molecule has 1 aliphatic heterocycles. The molecule has 4 unspecified atom stereocenters. The number of imidazole rings is 1. The van der Waals surface area contributed by atoms with Gasteiger partial charge in [0.05, 0.1) is 34.0 Å². The van der Waals surface area contributed by atoms with Crippen LogP contribution < -0.4 is 10.1 Å². The van der Waals surface area contributed by atoms with Gasteiger partial charge in [0.1, 0.15) is 5.75 Å². The molecular weight excluding hydrogens is 368 g/mol. The second kappa shape index (κ2) is 8.38. The summed E-state index contributed by atoms with van der Waals surface area (Å²) in [4.78, 5) is 7.21. The number of halogens is 2. The van der Waals surface area contributed by atoms with Gasteiger partial charge >= 0.3 is 6.61 Å². The van der Waals surface area contributed by atoms with Gasteiger partial charge in [-0.3, -0.25) is 4.21 Å². The van der Waals surface area contributed by atoms with Crippen molar-refractivity contribution in [2.75, 3.05) is 26.5 Å². The summed E-state index contributed by atoms with van der Waals surface area (Å²) in [6.45, 7) is -2.16. The molecule has 1 aromatic carbocycles. The largest absolute Gasteiger partial charge is 0.435 e. The molecule has 0 radical (unpaired) electrons. The first-order valence-electron chi connectivity index (χ1n) is 8.13. The van der Waals surface area contributed by atoms with Crippen molar-refractivity contribution >= 4 is 21.8 Å². The van der Waals surface area contributed by atoms with Crippen LogP contribution in [0.4, 0.5) is 8.78 Å². The second-order valence-corrected chi connectivity index (χ2v) is 7.35. The van der Waals surface area contributed by atoms with Gasteiger partial charge in [0, 0.05) is 32.1 Å². The molecule has 0 aliphatic carbocycles. The van der Waals surface area contributed by atoms with E-state index in [0.29, 0.717) is 16.8 Å². The number of alkyl halides is 2. The topological polar surface area (TPSA) is 85.5 Å². The molecule has 7 nitrogen and oxygen atoms in total. The number of aromatic amines is 1. The molecule has 0 bridgehead atoms. The van der Waals surface area contributed by atoms with E-state index in [-0.39, 0.29) is 29.2 Å². The molecule has 0 amide bonds. The Morgan fingerprint density at radius 3 is 2.85 bits per heavy atom. The van der Waals surface area contributed by atoms with Crippen LogP contribution in [0.1, 0.15) is 6.42 Å². The monoisotopic (exact) mass is 389 g/mol. The minimum absolute atomic E-state index is 0.0183. The smallest absolute Gasteiger partial charge is 0.387 e. The Balaban J connectivity index is 1.74. The van der Waals surface area contributed by atoms with Crippen LogP contribution >= 0.6 is 0 Å². The van der Waals surface area contributed by atoms with E-state index in [9.17, 15) is 13.0 Å². The van der Waals surface area contributed by atoms with E-state index in [0.717, 1.165) is 13.0 Å². The summed E-state index contributed by atoms with van der Waals surface area (Å²) in [5.74, 6) is 0.309. The first-order valence-corrected chi connectivity index (χ1v) is 9.45. The highest BCUT2D eigenvalue weighted by molar-refractivity contribution is 7.84. The standard InChI is InChI=1S/C16H21F2N3O4S/c1-23-13-5-6-19-12(14(13)24-2)8-26(22)16-20-10-4-3-9(25-15(17)18)7-11(10)21-16/h3-4,7,12-15,19H,5-6,8H2,1-2H3,(H,20,21). The molecule has 0 saturated carbocycles. The van der Waals surface area contributed by atoms with Gasteiger partial charge in [-0.25, -0.2) is 4.98 Å². The SMILES string of the molecule is COC1CCNC(CS(=O)c2nc3ccc(OC(F)F)cc3[nH]2)C1OC. The molecular formula is C16H21F2N3O4S. The summed E-state index contributed by atoms with van der Waals surface area (Å²) in [5, 5.41) is 3.59. The van der Waals surface area contributed by atoms with Crippen molar-refractivity contribution in [3.63, 3.8) is 0 Å². The molecule has 0 spiro atoms. The van der Waals surface area contributed by atoms with Gasteiger partial charge in [-0.1, -0.05) is 0 Å². The highest BCUT2D eigenvalue weighted by atomic mass is 32.2. The quantitative estimate of drug-likeness (QED) is 0.749. The Morgan fingerprint density at radius 2 is 2.15 bits per heavy atom. The highest BCUT2D eigenvalue weighted by Gasteiger charge is 2.35. The predicted molar refractivity (Wildman–Crippen MR) is 92.0 cm³/mol. The van der Waals surface area contributed by atoms with Gasteiger partial charge in [-0.2, -0.15) is 8.78 Å². The Labute approximate surface area is 151 Å². The number of fused-ring (bicyclic) bond motifs is 1. The lowest BCUT2D eigenvalue weighted by atomic mass is 9.99. The van der Waals surface area contributed by atoms with Crippen LogP contribution in [-0.4, -0.2) is 65.6 Å². The summed E-state index contributed by atoms with van der Waals surface area (Å²) in [6, 6.07) is 4.20. The van der Waals surface area contributed by atoms with E-state index >= 15 is 0 Å². The first-order chi connectivity index (χ1) is 12.5. The zero-order valence-electron chi connectivity index (χ0n) is 14.4. The molecule has 10 heteroatoms. The zero-order chi connectivity index (χ0) is 18.7. The molecule has 1 fully saturated rings. The number of H-pyrrole nitrogens is 1. The lowest BCUT2D eigenvalue weighted by molar-refractivity contribution is -0.0674. The summed E-state index contributed by atoms with van der Waals surface area (Å²) in [6.07, 6.45) is 0.538. The van der Waals surface area contributed by atoms with Crippen molar-refractivity contribution in [2.24, 2.45) is 0 Å². The summed E-state index contributed by atoms with van der Waals surface area (Å²) >= 11 is 0. The fourth-order valence-electron chi connectivity index (χ4n) is 3.16. The van der Waals surface area contributed by atoms with E-state index in [1.54, 1.807) is 20.3 Å². The van der Waals surface area contributed by atoms with Crippen LogP contribution in [-0.2, 0) is 20.3 Å². The third-order valence-electron chi connectivity index (χ3n) is 4.38. The lowest BCUT2D eigenvalue weighted by Gasteiger charge is -2.36. The van der Waals surface area contributed by atoms with E-state index in [1.165, 1.54) is 12.1 Å². The summed E-state index contributed by atoms with van der Waals surface area (Å²) in [5.41, 5.74) is 1.02. The van der Waals surface area contributed by atoms with E-state index < -0.39 is 17.4 Å². The van der Waals surface area contributed by atoms with Crippen molar-refractivity contribution in [3.05, 3.63) is 18.2 Å². The van der Waals surface area contributed by atoms with Crippen LogP contribution in [0.15, 0.2) is 23.4 Å². The Hall–Kier alpha value is -1.62. The molecule has 2 N–H and O–H groups in total. The number of piperidine rings is 1. The Morgan fingerprint density at radius 1 is 1.35 bits per heavy atom. The Bertz CT molecular complexity index is 773. The van der Waals surface area contributed by atoms with Gasteiger partial charge in [-0.05, 0) is 25.1 Å². The highest BCUT2D eigenvalue weighted by Crippen LogP contribution is 2.23. The van der Waals surface area contributed by atoms with Gasteiger partial charge < -0.3 is 24.5 Å². The van der Waals surface area contributed by atoms with E-state index in [2.05, 4.69) is 20.0 Å². The normalized spacial score (nSPS) is 24.9. The van der Waals surface area contributed by atoms with E-state index in [4.69, 9.17) is 9.47 Å². The summed E-state index contributed by atoms with van der Waals surface area (Å²) in [7, 11) is 1.81. The molecule has 2 heterocycles. The number of nitrogens with one attached hydrogen (secondary N) is 2. The van der Waals surface area contributed by atoms with Crippen molar-refractivity contribution in [1.29, 1.82) is 0 Å². The molecule has 144 valence electrons. The number of hydrogen-bond acceptors (Lipinski definition) is 6. The molecule has 1 saturated heterocycles. The van der Waals surface area contributed by atoms with Crippen molar-refractivity contribution in [1.82, 2.24) is 15.3 Å². The molecule has 1 aromatic heterocycles. The fourth-order valence-corrected chi connectivity index (χ4v) is 4.38. The molecule has 1 aliphatic rings. The van der Waals surface area contributed by atoms with Crippen LogP contribution in [0, 0.1) is 0 Å². The average molecular weight is 389 g/mol. The number of methoxy groups -OCH3 is 2. The van der Waals surface area contributed by atoms with Crippen molar-refractivity contribution in [2.45, 2.75) is 36.4 Å². The maximum absolute atomic E-state index is 12.7. The third-order valence-corrected chi connectivity index (χ3v) is 5.66. The lowest BCUT2D eigenvalue weighted by Crippen LogP contribution is -2.56. The number of ether oxygens (including phenoxy) is 3. The molecule has 3 rings (SSSR count). The van der Waals surface area contributed by atoms with Crippen molar-refractivity contribution in [3.8, 4) is 5.75 Å². The van der Waals surface area contributed by atoms with Crippen LogP contribution in [0.25, 0.3) is 11.0 Å². The van der Waals surface area contributed by atoms with Crippen LogP contribution in [0.3, 0.4) is 0 Å². The Kier molecular flexibility index (Phi) is 6.17. The average Bonchev–Trinajstić information content (AvgIpc) is 3.04. The van der Waals surface area contributed by atoms with Gasteiger partial charge in [0.2, 0.25) is 0 Å². The first kappa shape index (κ1) is 19.2. The molecule has 26 heavy (non-hydrogen) atoms. The predicted octanol–water partition coefficient (Wildman–Crippen LogP) is 1.66.